The molecule has 1 saturated carbocycles. The molecule has 2 rings (SSSR count). The van der Waals surface area contributed by atoms with E-state index in [0.717, 1.165) is 41.8 Å². The second-order valence-electron chi connectivity index (χ2n) is 5.66. The van der Waals surface area contributed by atoms with Gasteiger partial charge in [0.2, 0.25) is 0 Å². The first-order chi connectivity index (χ1) is 10.1. The van der Waals surface area contributed by atoms with Crippen LogP contribution in [0.4, 0.5) is 0 Å². The van der Waals surface area contributed by atoms with Crippen LogP contribution in [-0.4, -0.2) is 25.8 Å². The van der Waals surface area contributed by atoms with E-state index >= 15 is 0 Å². The second-order valence-corrected chi connectivity index (χ2v) is 6.52. The molecule has 1 aromatic carbocycles. The fourth-order valence-corrected chi connectivity index (χ4v) is 3.99. The molecule has 4 heteroatoms. The molecular weight excluding hydrogens is 330 g/mol. The summed E-state index contributed by atoms with van der Waals surface area (Å²) < 4.78 is 12.8. The number of methoxy groups -OCH3 is 1. The minimum atomic E-state index is 0.219. The van der Waals surface area contributed by atoms with Crippen molar-refractivity contribution in [3.05, 3.63) is 22.7 Å². The third kappa shape index (κ3) is 2.93. The number of ether oxygens (including phenoxy) is 2. The normalized spacial score (nSPS) is 23.5. The van der Waals surface area contributed by atoms with Crippen molar-refractivity contribution < 1.29 is 9.47 Å². The molecule has 1 aliphatic carbocycles. The monoisotopic (exact) mass is 355 g/mol. The molecule has 2 unspecified atom stereocenters. The summed E-state index contributed by atoms with van der Waals surface area (Å²) in [5, 5.41) is 3.61. The third-order valence-electron chi connectivity index (χ3n) is 4.96. The minimum absolute atomic E-state index is 0.219. The van der Waals surface area contributed by atoms with Gasteiger partial charge in [0, 0.05) is 17.9 Å². The molecular formula is C17H26BrNO2. The predicted molar refractivity (Wildman–Crippen MR) is 90.2 cm³/mol. The van der Waals surface area contributed by atoms with Crippen molar-refractivity contribution in [1.82, 2.24) is 5.32 Å². The van der Waals surface area contributed by atoms with Crippen LogP contribution in [0.2, 0.25) is 0 Å². The first-order valence-electron chi connectivity index (χ1n) is 7.85. The molecule has 3 nitrogen and oxygen atoms in total. The van der Waals surface area contributed by atoms with E-state index in [4.69, 9.17) is 9.47 Å². The van der Waals surface area contributed by atoms with E-state index in [2.05, 4.69) is 42.0 Å². The highest BCUT2D eigenvalue weighted by Crippen LogP contribution is 2.50. The van der Waals surface area contributed by atoms with Crippen molar-refractivity contribution in [3.63, 3.8) is 0 Å². The lowest BCUT2D eigenvalue weighted by Gasteiger charge is -2.55. The van der Waals surface area contributed by atoms with Gasteiger partial charge in [-0.1, -0.05) is 26.8 Å². The maximum absolute atomic E-state index is 6.37. The summed E-state index contributed by atoms with van der Waals surface area (Å²) in [6.07, 6.45) is 3.54. The van der Waals surface area contributed by atoms with Crippen LogP contribution < -0.4 is 14.8 Å². The van der Waals surface area contributed by atoms with E-state index in [0.29, 0.717) is 6.04 Å². The van der Waals surface area contributed by atoms with Crippen LogP contribution in [0, 0.1) is 5.41 Å². The van der Waals surface area contributed by atoms with Crippen LogP contribution in [0.5, 0.6) is 11.5 Å². The molecule has 1 aromatic rings. The first-order valence-corrected chi connectivity index (χ1v) is 8.64. The zero-order valence-electron chi connectivity index (χ0n) is 13.4. The summed E-state index contributed by atoms with van der Waals surface area (Å²) in [4.78, 5) is 0. The van der Waals surface area contributed by atoms with Crippen LogP contribution >= 0.6 is 15.9 Å². The van der Waals surface area contributed by atoms with Gasteiger partial charge in [-0.25, -0.2) is 0 Å². The zero-order valence-corrected chi connectivity index (χ0v) is 15.0. The Morgan fingerprint density at radius 1 is 1.29 bits per heavy atom. The summed E-state index contributed by atoms with van der Waals surface area (Å²) in [6.45, 7) is 7.71. The molecule has 0 radical (unpaired) electrons. The van der Waals surface area contributed by atoms with E-state index < -0.39 is 0 Å². The van der Waals surface area contributed by atoms with Gasteiger partial charge >= 0.3 is 0 Å². The topological polar surface area (TPSA) is 30.5 Å². The highest BCUT2D eigenvalue weighted by Gasteiger charge is 2.54. The van der Waals surface area contributed by atoms with E-state index in [1.807, 2.05) is 18.2 Å². The van der Waals surface area contributed by atoms with E-state index in [-0.39, 0.29) is 11.5 Å². The van der Waals surface area contributed by atoms with Gasteiger partial charge in [-0.2, -0.15) is 0 Å². The molecule has 0 spiro atoms. The Balaban J connectivity index is 2.20. The van der Waals surface area contributed by atoms with Gasteiger partial charge in [0.1, 0.15) is 6.10 Å². The van der Waals surface area contributed by atoms with Crippen LogP contribution in [0.3, 0.4) is 0 Å². The molecule has 0 saturated heterocycles. The number of halogens is 1. The maximum atomic E-state index is 6.37. The lowest BCUT2D eigenvalue weighted by Crippen LogP contribution is -2.64. The second kappa shape index (κ2) is 7.01. The Morgan fingerprint density at radius 3 is 2.57 bits per heavy atom. The Hall–Kier alpha value is -0.740. The first kappa shape index (κ1) is 16.6. The predicted octanol–water partition coefficient (Wildman–Crippen LogP) is 4.39. The molecule has 0 amide bonds. The zero-order chi connectivity index (χ0) is 15.5. The lowest BCUT2D eigenvalue weighted by molar-refractivity contribution is -0.0865. The third-order valence-corrected chi connectivity index (χ3v) is 5.59. The SMILES string of the molecule is CCNC1CC(Oc2c(Br)cccc2OC)C1(CC)CC. The summed E-state index contributed by atoms with van der Waals surface area (Å²) in [5.74, 6) is 1.61. The largest absolute Gasteiger partial charge is 0.493 e. The fourth-order valence-electron chi connectivity index (χ4n) is 3.55. The molecule has 0 bridgehead atoms. The molecule has 1 aliphatic rings. The van der Waals surface area contributed by atoms with Crippen molar-refractivity contribution in [2.24, 2.45) is 5.41 Å². The van der Waals surface area contributed by atoms with Crippen LogP contribution in [-0.2, 0) is 0 Å². The highest BCUT2D eigenvalue weighted by molar-refractivity contribution is 9.10. The molecule has 1 fully saturated rings. The van der Waals surface area contributed by atoms with E-state index in [1.54, 1.807) is 7.11 Å². The average molecular weight is 356 g/mol. The smallest absolute Gasteiger partial charge is 0.175 e. The van der Waals surface area contributed by atoms with Gasteiger partial charge in [0.15, 0.2) is 11.5 Å². The summed E-state index contributed by atoms with van der Waals surface area (Å²) >= 11 is 3.58. The molecule has 0 aliphatic heterocycles. The Bertz CT molecular complexity index is 474. The molecule has 21 heavy (non-hydrogen) atoms. The van der Waals surface area contributed by atoms with Crippen molar-refractivity contribution in [2.45, 2.75) is 52.2 Å². The van der Waals surface area contributed by atoms with Gasteiger partial charge in [-0.05, 0) is 47.4 Å². The highest BCUT2D eigenvalue weighted by atomic mass is 79.9. The molecule has 0 heterocycles. The number of benzene rings is 1. The van der Waals surface area contributed by atoms with Gasteiger partial charge in [-0.3, -0.25) is 0 Å². The van der Waals surface area contributed by atoms with Gasteiger partial charge in [-0.15, -0.1) is 0 Å². The Morgan fingerprint density at radius 2 is 2.00 bits per heavy atom. The van der Waals surface area contributed by atoms with E-state index in [9.17, 15) is 0 Å². The molecule has 2 atom stereocenters. The van der Waals surface area contributed by atoms with E-state index in [1.165, 1.54) is 0 Å². The van der Waals surface area contributed by atoms with Gasteiger partial charge in [0.25, 0.3) is 0 Å². The van der Waals surface area contributed by atoms with Crippen LogP contribution in [0.25, 0.3) is 0 Å². The Kier molecular flexibility index (Phi) is 5.55. The molecule has 0 aromatic heterocycles. The van der Waals surface area contributed by atoms with Crippen LogP contribution in [0.15, 0.2) is 22.7 Å². The maximum Gasteiger partial charge on any atom is 0.175 e. The summed E-state index contributed by atoms with van der Waals surface area (Å²) in [6, 6.07) is 6.46. The molecule has 118 valence electrons. The van der Waals surface area contributed by atoms with Crippen molar-refractivity contribution >= 4 is 15.9 Å². The van der Waals surface area contributed by atoms with Gasteiger partial charge < -0.3 is 14.8 Å². The Labute approximate surface area is 136 Å². The fraction of sp³-hybridized carbons (Fsp3) is 0.647. The summed E-state index contributed by atoms with van der Waals surface area (Å²) in [7, 11) is 1.68. The molecule has 1 N–H and O–H groups in total. The number of hydrogen-bond donors (Lipinski definition) is 1. The number of hydrogen-bond acceptors (Lipinski definition) is 3. The van der Waals surface area contributed by atoms with Crippen molar-refractivity contribution in [3.8, 4) is 11.5 Å². The number of para-hydroxylation sites is 1. The average Bonchev–Trinajstić information content (AvgIpc) is 2.49. The number of nitrogens with one attached hydrogen (secondary N) is 1. The summed E-state index contributed by atoms with van der Waals surface area (Å²) in [5.41, 5.74) is 0.219. The number of rotatable bonds is 7. The van der Waals surface area contributed by atoms with Crippen LogP contribution in [0.1, 0.15) is 40.0 Å². The standard InChI is InChI=1S/C17H26BrNO2/c1-5-17(6-2)14(19-7-3)11-15(17)21-16-12(18)9-8-10-13(16)20-4/h8-10,14-15,19H,5-7,11H2,1-4H3. The lowest BCUT2D eigenvalue weighted by atomic mass is 9.58. The van der Waals surface area contributed by atoms with Gasteiger partial charge in [0.05, 0.1) is 11.6 Å². The quantitative estimate of drug-likeness (QED) is 0.786. The minimum Gasteiger partial charge on any atom is -0.493 e. The van der Waals surface area contributed by atoms with Crippen molar-refractivity contribution in [1.29, 1.82) is 0 Å². The van der Waals surface area contributed by atoms with Crippen molar-refractivity contribution in [2.75, 3.05) is 13.7 Å².